The van der Waals surface area contributed by atoms with Gasteiger partial charge in [0, 0.05) is 17.5 Å². The van der Waals surface area contributed by atoms with Gasteiger partial charge in [-0.15, -0.1) is 0 Å². The summed E-state index contributed by atoms with van der Waals surface area (Å²) in [6.07, 6.45) is -0.547. The molecule has 1 amide bonds. The number of hydrogen-bond acceptors (Lipinski definition) is 5. The van der Waals surface area contributed by atoms with Crippen molar-refractivity contribution in [3.05, 3.63) is 29.8 Å². The van der Waals surface area contributed by atoms with Crippen molar-refractivity contribution in [1.82, 2.24) is 5.32 Å². The molecule has 0 radical (unpaired) electrons. The molecule has 1 aliphatic carbocycles. The summed E-state index contributed by atoms with van der Waals surface area (Å²) in [6.45, 7) is 8.94. The number of alkyl carbamates (subject to hydrolysis) is 1. The number of hydrogen-bond donors (Lipinski definition) is 1. The second-order valence-corrected chi connectivity index (χ2v) is 7.15. The molecule has 1 aromatic carbocycles. The molecule has 2 atom stereocenters. The van der Waals surface area contributed by atoms with Gasteiger partial charge in [0.1, 0.15) is 11.4 Å². The van der Waals surface area contributed by atoms with Crippen LogP contribution in [0.5, 0.6) is 5.75 Å². The van der Waals surface area contributed by atoms with Gasteiger partial charge in [-0.05, 0) is 47.1 Å². The minimum atomic E-state index is -0.737. The lowest BCUT2D eigenvalue weighted by molar-refractivity contribution is 0.0204. The zero-order chi connectivity index (χ0) is 17.9. The SMILES string of the molecule is CC(C)OC(=O)N[C@@H]1C[C@H]1c1ccccc1OC(=O)OC(C)(C)C. The van der Waals surface area contributed by atoms with Crippen LogP contribution < -0.4 is 10.1 Å². The molecule has 1 aromatic rings. The van der Waals surface area contributed by atoms with E-state index in [0.717, 1.165) is 12.0 Å². The molecule has 0 aromatic heterocycles. The predicted octanol–water partition coefficient (Wildman–Crippen LogP) is 3.99. The van der Waals surface area contributed by atoms with Crippen LogP contribution in [0.25, 0.3) is 0 Å². The third kappa shape index (κ3) is 5.44. The smallest absolute Gasteiger partial charge is 0.447 e. The van der Waals surface area contributed by atoms with Crippen LogP contribution in [0.15, 0.2) is 24.3 Å². The van der Waals surface area contributed by atoms with E-state index >= 15 is 0 Å². The van der Waals surface area contributed by atoms with E-state index in [2.05, 4.69) is 5.32 Å². The van der Waals surface area contributed by atoms with Crippen LogP contribution >= 0.6 is 0 Å². The minimum Gasteiger partial charge on any atom is -0.447 e. The first-order chi connectivity index (χ1) is 11.2. The number of rotatable bonds is 4. The summed E-state index contributed by atoms with van der Waals surface area (Å²) in [4.78, 5) is 23.5. The average Bonchev–Trinajstić information content (AvgIpc) is 3.14. The lowest BCUT2D eigenvalue weighted by Crippen LogP contribution is -2.29. The molecule has 0 unspecified atom stereocenters. The number of carbonyl (C=O) groups is 2. The Labute approximate surface area is 142 Å². The monoisotopic (exact) mass is 335 g/mol. The van der Waals surface area contributed by atoms with Gasteiger partial charge < -0.3 is 19.5 Å². The first-order valence-corrected chi connectivity index (χ1v) is 8.12. The molecule has 1 saturated carbocycles. The summed E-state index contributed by atoms with van der Waals surface area (Å²) in [5.41, 5.74) is 0.259. The van der Waals surface area contributed by atoms with Gasteiger partial charge >= 0.3 is 12.2 Å². The molecular weight excluding hydrogens is 310 g/mol. The van der Waals surface area contributed by atoms with Crippen LogP contribution in [0.2, 0.25) is 0 Å². The van der Waals surface area contributed by atoms with E-state index in [0.29, 0.717) is 5.75 Å². The van der Waals surface area contributed by atoms with Crippen LogP contribution in [-0.2, 0) is 9.47 Å². The maximum atomic E-state index is 11.9. The first kappa shape index (κ1) is 18.1. The zero-order valence-electron chi connectivity index (χ0n) is 14.8. The fourth-order valence-corrected chi connectivity index (χ4v) is 2.34. The molecule has 0 saturated heterocycles. The second kappa shape index (κ2) is 7.11. The van der Waals surface area contributed by atoms with E-state index in [1.54, 1.807) is 46.8 Å². The molecule has 2 rings (SSSR count). The molecule has 0 aliphatic heterocycles. The summed E-state index contributed by atoms with van der Waals surface area (Å²) in [6, 6.07) is 7.26. The maximum absolute atomic E-state index is 11.9. The molecule has 1 N–H and O–H groups in total. The summed E-state index contributed by atoms with van der Waals surface area (Å²) in [5.74, 6) is 0.557. The maximum Gasteiger partial charge on any atom is 0.514 e. The second-order valence-electron chi connectivity index (χ2n) is 7.15. The van der Waals surface area contributed by atoms with E-state index in [4.69, 9.17) is 14.2 Å². The summed E-state index contributed by atoms with van der Waals surface area (Å²) >= 11 is 0. The molecule has 0 spiro atoms. The number of ether oxygens (including phenoxy) is 3. The van der Waals surface area contributed by atoms with Crippen LogP contribution in [0.1, 0.15) is 52.5 Å². The molecule has 1 fully saturated rings. The van der Waals surface area contributed by atoms with Gasteiger partial charge in [-0.3, -0.25) is 0 Å². The molecule has 0 heterocycles. The molecule has 24 heavy (non-hydrogen) atoms. The van der Waals surface area contributed by atoms with Crippen LogP contribution in [0.3, 0.4) is 0 Å². The molecule has 132 valence electrons. The third-order valence-electron chi connectivity index (χ3n) is 3.34. The summed E-state index contributed by atoms with van der Waals surface area (Å²) < 4.78 is 15.6. The van der Waals surface area contributed by atoms with Gasteiger partial charge in [-0.25, -0.2) is 9.59 Å². The Balaban J connectivity index is 1.98. The fraction of sp³-hybridized carbons (Fsp3) is 0.556. The van der Waals surface area contributed by atoms with E-state index in [1.807, 2.05) is 12.1 Å². The first-order valence-electron chi connectivity index (χ1n) is 8.12. The van der Waals surface area contributed by atoms with E-state index in [9.17, 15) is 9.59 Å². The molecule has 6 heteroatoms. The normalized spacial score (nSPS) is 19.6. The number of carbonyl (C=O) groups excluding carboxylic acids is 2. The predicted molar refractivity (Wildman–Crippen MR) is 89.2 cm³/mol. The van der Waals surface area contributed by atoms with Gasteiger partial charge in [0.05, 0.1) is 6.10 Å². The van der Waals surface area contributed by atoms with Crippen molar-refractivity contribution in [2.45, 2.75) is 64.7 Å². The van der Waals surface area contributed by atoms with Crippen molar-refractivity contribution in [3.63, 3.8) is 0 Å². The lowest BCUT2D eigenvalue weighted by atomic mass is 10.1. The van der Waals surface area contributed by atoms with Crippen molar-refractivity contribution < 1.29 is 23.8 Å². The summed E-state index contributed by atoms with van der Waals surface area (Å²) in [7, 11) is 0. The standard InChI is InChI=1S/C18H25NO5/c1-11(2)22-16(20)19-14-10-13(14)12-8-6-7-9-15(12)23-17(21)24-18(3,4)5/h6-9,11,13-14H,10H2,1-5H3,(H,19,20)/t13-,14+/m0/s1. The molecular formula is C18H25NO5. The topological polar surface area (TPSA) is 73.9 Å². The van der Waals surface area contributed by atoms with Crippen LogP contribution in [0, 0.1) is 0 Å². The van der Waals surface area contributed by atoms with Crippen LogP contribution in [-0.4, -0.2) is 30.0 Å². The Morgan fingerprint density at radius 1 is 1.21 bits per heavy atom. The minimum absolute atomic E-state index is 0.0142. The van der Waals surface area contributed by atoms with E-state index in [-0.39, 0.29) is 18.1 Å². The highest BCUT2D eigenvalue weighted by molar-refractivity contribution is 5.69. The third-order valence-corrected chi connectivity index (χ3v) is 3.34. The zero-order valence-corrected chi connectivity index (χ0v) is 14.8. The van der Waals surface area contributed by atoms with Gasteiger partial charge in [0.25, 0.3) is 0 Å². The van der Waals surface area contributed by atoms with Crippen molar-refractivity contribution in [1.29, 1.82) is 0 Å². The highest BCUT2D eigenvalue weighted by Crippen LogP contribution is 2.44. The molecule has 0 bridgehead atoms. The number of nitrogens with one attached hydrogen (secondary N) is 1. The Bertz CT molecular complexity index is 606. The van der Waals surface area contributed by atoms with Crippen molar-refractivity contribution >= 4 is 12.2 Å². The van der Waals surface area contributed by atoms with Crippen molar-refractivity contribution in [2.24, 2.45) is 0 Å². The van der Waals surface area contributed by atoms with Crippen molar-refractivity contribution in [2.75, 3.05) is 0 Å². The number of para-hydroxylation sites is 1. The van der Waals surface area contributed by atoms with Gasteiger partial charge in [0.15, 0.2) is 0 Å². The fourth-order valence-electron chi connectivity index (χ4n) is 2.34. The van der Waals surface area contributed by atoms with Crippen LogP contribution in [0.4, 0.5) is 9.59 Å². The van der Waals surface area contributed by atoms with Crippen molar-refractivity contribution in [3.8, 4) is 5.75 Å². The van der Waals surface area contributed by atoms with E-state index < -0.39 is 17.8 Å². The lowest BCUT2D eigenvalue weighted by Gasteiger charge is -2.19. The average molecular weight is 335 g/mol. The highest BCUT2D eigenvalue weighted by atomic mass is 16.7. The van der Waals surface area contributed by atoms with Gasteiger partial charge in [-0.2, -0.15) is 0 Å². The highest BCUT2D eigenvalue weighted by Gasteiger charge is 2.42. The van der Waals surface area contributed by atoms with Gasteiger partial charge in [-0.1, -0.05) is 18.2 Å². The number of amides is 1. The summed E-state index contributed by atoms with van der Waals surface area (Å²) in [5, 5.41) is 2.82. The van der Waals surface area contributed by atoms with Gasteiger partial charge in [0.2, 0.25) is 0 Å². The molecule has 6 nitrogen and oxygen atoms in total. The Kier molecular flexibility index (Phi) is 5.36. The Morgan fingerprint density at radius 2 is 1.88 bits per heavy atom. The largest absolute Gasteiger partial charge is 0.514 e. The Morgan fingerprint density at radius 3 is 2.50 bits per heavy atom. The number of benzene rings is 1. The van der Waals surface area contributed by atoms with E-state index in [1.165, 1.54) is 0 Å². The molecule has 1 aliphatic rings. The Hall–Kier alpha value is -2.24. The quantitative estimate of drug-likeness (QED) is 0.665.